The lowest BCUT2D eigenvalue weighted by molar-refractivity contribution is -0.128. The Kier molecular flexibility index (Phi) is 5.68. The van der Waals surface area contributed by atoms with E-state index >= 15 is 0 Å². The van der Waals surface area contributed by atoms with Gasteiger partial charge in [-0.25, -0.2) is 4.79 Å². The van der Waals surface area contributed by atoms with Crippen LogP contribution in [-0.4, -0.2) is 42.5 Å². The number of carbonyl (C=O) groups excluding carboxylic acids is 2. The average molecular weight is 281 g/mol. The van der Waals surface area contributed by atoms with E-state index in [1.165, 1.54) is 19.3 Å². The van der Waals surface area contributed by atoms with Gasteiger partial charge in [0, 0.05) is 19.1 Å². The molecule has 1 aliphatic heterocycles. The first-order chi connectivity index (χ1) is 9.65. The summed E-state index contributed by atoms with van der Waals surface area (Å²) >= 11 is 0. The second kappa shape index (κ2) is 7.50. The zero-order chi connectivity index (χ0) is 14.4. The van der Waals surface area contributed by atoms with Crippen LogP contribution in [0.15, 0.2) is 0 Å². The molecule has 1 heterocycles. The summed E-state index contributed by atoms with van der Waals surface area (Å²) < 4.78 is 0. The van der Waals surface area contributed by atoms with Gasteiger partial charge < -0.3 is 15.5 Å². The highest BCUT2D eigenvalue weighted by atomic mass is 16.2. The lowest BCUT2D eigenvalue weighted by atomic mass is 10.0. The molecular weight excluding hydrogens is 254 g/mol. The first-order valence-corrected chi connectivity index (χ1v) is 7.97. The fourth-order valence-electron chi connectivity index (χ4n) is 3.10. The molecular formula is C15H27N3O2. The number of urea groups is 1. The van der Waals surface area contributed by atoms with E-state index in [9.17, 15) is 9.59 Å². The molecule has 1 saturated heterocycles. The maximum Gasteiger partial charge on any atom is 0.315 e. The molecule has 2 aliphatic rings. The molecule has 1 saturated carbocycles. The molecule has 20 heavy (non-hydrogen) atoms. The second-order valence-corrected chi connectivity index (χ2v) is 6.23. The van der Waals surface area contributed by atoms with E-state index in [-0.39, 0.29) is 24.5 Å². The largest absolute Gasteiger partial charge is 0.341 e. The van der Waals surface area contributed by atoms with Crippen LogP contribution >= 0.6 is 0 Å². The van der Waals surface area contributed by atoms with Gasteiger partial charge in [-0.3, -0.25) is 4.79 Å². The van der Waals surface area contributed by atoms with Crippen molar-refractivity contribution in [3.05, 3.63) is 0 Å². The molecule has 1 aliphatic carbocycles. The minimum Gasteiger partial charge on any atom is -0.341 e. The van der Waals surface area contributed by atoms with Crippen molar-refractivity contribution in [2.75, 3.05) is 19.6 Å². The van der Waals surface area contributed by atoms with Crippen molar-refractivity contribution in [3.63, 3.8) is 0 Å². The van der Waals surface area contributed by atoms with Crippen molar-refractivity contribution in [2.24, 2.45) is 5.92 Å². The summed E-state index contributed by atoms with van der Waals surface area (Å²) in [5.74, 6) is 0.800. The smallest absolute Gasteiger partial charge is 0.315 e. The van der Waals surface area contributed by atoms with E-state index in [0.717, 1.165) is 44.7 Å². The van der Waals surface area contributed by atoms with E-state index in [0.29, 0.717) is 0 Å². The highest BCUT2D eigenvalue weighted by Gasteiger charge is 2.20. The fourth-order valence-corrected chi connectivity index (χ4v) is 3.10. The summed E-state index contributed by atoms with van der Waals surface area (Å²) in [6, 6.07) is 0.0685. The molecule has 5 nitrogen and oxygen atoms in total. The van der Waals surface area contributed by atoms with Crippen LogP contribution in [0.5, 0.6) is 0 Å². The van der Waals surface area contributed by atoms with Gasteiger partial charge in [0.15, 0.2) is 0 Å². The number of amides is 3. The Morgan fingerprint density at radius 1 is 1.05 bits per heavy atom. The Morgan fingerprint density at radius 2 is 1.80 bits per heavy atom. The molecule has 2 fully saturated rings. The lowest BCUT2D eigenvalue weighted by Gasteiger charge is -2.18. The Labute approximate surface area is 121 Å². The Morgan fingerprint density at radius 3 is 2.55 bits per heavy atom. The van der Waals surface area contributed by atoms with Crippen LogP contribution in [0.1, 0.15) is 51.9 Å². The molecule has 2 rings (SSSR count). The van der Waals surface area contributed by atoms with Gasteiger partial charge in [-0.15, -0.1) is 0 Å². The molecule has 0 radical (unpaired) electrons. The minimum atomic E-state index is -0.197. The highest BCUT2D eigenvalue weighted by Crippen LogP contribution is 2.22. The Hall–Kier alpha value is -1.26. The zero-order valence-corrected chi connectivity index (χ0v) is 12.5. The van der Waals surface area contributed by atoms with Crippen LogP contribution in [0.2, 0.25) is 0 Å². The predicted molar refractivity (Wildman–Crippen MR) is 78.4 cm³/mol. The summed E-state index contributed by atoms with van der Waals surface area (Å²) in [5.41, 5.74) is 0. The molecule has 5 heteroatoms. The van der Waals surface area contributed by atoms with Crippen molar-refractivity contribution < 1.29 is 9.59 Å². The number of carbonyl (C=O) groups is 2. The van der Waals surface area contributed by atoms with Gasteiger partial charge in [0.2, 0.25) is 5.91 Å². The van der Waals surface area contributed by atoms with Crippen molar-refractivity contribution in [2.45, 2.75) is 57.9 Å². The number of nitrogens with one attached hydrogen (secondary N) is 2. The third-order valence-electron chi connectivity index (χ3n) is 4.45. The standard InChI is InChI=1S/C15H27N3O2/c1-12-5-4-6-13(8-7-12)17-15(20)16-11-14(19)18-9-2-3-10-18/h12-13H,2-11H2,1H3,(H2,16,17,20)/t12-,13-/m1/s1. The van der Waals surface area contributed by atoms with Gasteiger partial charge in [0.25, 0.3) is 0 Å². The first-order valence-electron chi connectivity index (χ1n) is 7.97. The summed E-state index contributed by atoms with van der Waals surface area (Å²) in [6.07, 6.45) is 7.88. The lowest BCUT2D eigenvalue weighted by Crippen LogP contribution is -2.46. The van der Waals surface area contributed by atoms with Gasteiger partial charge >= 0.3 is 6.03 Å². The summed E-state index contributed by atoms with van der Waals surface area (Å²) in [4.78, 5) is 25.5. The summed E-state index contributed by atoms with van der Waals surface area (Å²) in [6.45, 7) is 4.07. The summed E-state index contributed by atoms with van der Waals surface area (Å²) in [7, 11) is 0. The van der Waals surface area contributed by atoms with Gasteiger partial charge in [0.1, 0.15) is 0 Å². The number of rotatable bonds is 3. The summed E-state index contributed by atoms with van der Waals surface area (Å²) in [5, 5.41) is 5.70. The maximum atomic E-state index is 11.8. The molecule has 0 aromatic carbocycles. The van der Waals surface area contributed by atoms with E-state index < -0.39 is 0 Å². The van der Waals surface area contributed by atoms with Crippen molar-refractivity contribution in [1.29, 1.82) is 0 Å². The normalized spacial score (nSPS) is 26.9. The van der Waals surface area contributed by atoms with Gasteiger partial charge in [-0.2, -0.15) is 0 Å². The maximum absolute atomic E-state index is 11.8. The average Bonchev–Trinajstić information content (AvgIpc) is 2.89. The van der Waals surface area contributed by atoms with Crippen molar-refractivity contribution >= 4 is 11.9 Å². The first kappa shape index (κ1) is 15.1. The molecule has 114 valence electrons. The number of hydrogen-bond donors (Lipinski definition) is 2. The van der Waals surface area contributed by atoms with Gasteiger partial charge in [0.05, 0.1) is 6.54 Å². The molecule has 2 N–H and O–H groups in total. The number of nitrogens with zero attached hydrogens (tertiary/aromatic N) is 1. The van der Waals surface area contributed by atoms with E-state index in [4.69, 9.17) is 0 Å². The number of likely N-dealkylation sites (tertiary alicyclic amines) is 1. The van der Waals surface area contributed by atoms with Crippen LogP contribution < -0.4 is 10.6 Å². The molecule has 3 amide bonds. The molecule has 0 bridgehead atoms. The second-order valence-electron chi connectivity index (χ2n) is 6.23. The molecule has 0 spiro atoms. The van der Waals surface area contributed by atoms with Crippen molar-refractivity contribution in [3.8, 4) is 0 Å². The third kappa shape index (κ3) is 4.69. The number of hydrogen-bond acceptors (Lipinski definition) is 2. The van der Waals surface area contributed by atoms with Crippen LogP contribution in [0.25, 0.3) is 0 Å². The predicted octanol–water partition coefficient (Wildman–Crippen LogP) is 1.88. The zero-order valence-electron chi connectivity index (χ0n) is 12.5. The topological polar surface area (TPSA) is 61.4 Å². The van der Waals surface area contributed by atoms with E-state index in [2.05, 4.69) is 17.6 Å². The van der Waals surface area contributed by atoms with Crippen LogP contribution in [0.3, 0.4) is 0 Å². The fraction of sp³-hybridized carbons (Fsp3) is 0.867. The van der Waals surface area contributed by atoms with Crippen molar-refractivity contribution in [1.82, 2.24) is 15.5 Å². The Balaban J connectivity index is 1.65. The van der Waals surface area contributed by atoms with Gasteiger partial charge in [-0.05, 0) is 38.0 Å². The van der Waals surface area contributed by atoms with Gasteiger partial charge in [-0.1, -0.05) is 19.8 Å². The molecule has 2 atom stereocenters. The molecule has 0 aromatic heterocycles. The minimum absolute atomic E-state index is 0.0344. The van der Waals surface area contributed by atoms with Crippen LogP contribution in [0, 0.1) is 5.92 Å². The monoisotopic (exact) mass is 281 g/mol. The Bertz CT molecular complexity index is 340. The third-order valence-corrected chi connectivity index (χ3v) is 4.45. The van der Waals surface area contributed by atoms with E-state index in [1.54, 1.807) is 0 Å². The molecule has 0 unspecified atom stereocenters. The van der Waals surface area contributed by atoms with Crippen LogP contribution in [0.4, 0.5) is 4.79 Å². The van der Waals surface area contributed by atoms with Crippen LogP contribution in [-0.2, 0) is 4.79 Å². The highest BCUT2D eigenvalue weighted by molar-refractivity contribution is 5.84. The molecule has 0 aromatic rings. The van der Waals surface area contributed by atoms with E-state index in [1.807, 2.05) is 4.90 Å². The quantitative estimate of drug-likeness (QED) is 0.776. The SMILES string of the molecule is C[C@@H]1CCC[C@@H](NC(=O)NCC(=O)N2CCCC2)CC1.